The van der Waals surface area contributed by atoms with Crippen LogP contribution in [-0.4, -0.2) is 29.2 Å². The van der Waals surface area contributed by atoms with Crippen molar-refractivity contribution in [2.75, 3.05) is 14.2 Å². The zero-order valence-corrected chi connectivity index (χ0v) is 14.4. The van der Waals surface area contributed by atoms with E-state index in [-0.39, 0.29) is 0 Å². The van der Waals surface area contributed by atoms with E-state index in [1.54, 1.807) is 20.5 Å². The van der Waals surface area contributed by atoms with Gasteiger partial charge in [-0.3, -0.25) is 0 Å². The maximum atomic E-state index is 5.60. The standard InChI is InChI=1S/C21H15N3O2/c1-25-13-5-3-12(4-6-13)20-14-7-9-16-19-17(23-11-22-16)10-8-15(18(14)19)21(24-20)26-2/h3-11H,1-2H3. The Balaban J connectivity index is 1.94. The lowest BCUT2D eigenvalue weighted by Gasteiger charge is -2.15. The molecule has 0 N–H and O–H groups in total. The van der Waals surface area contributed by atoms with Crippen molar-refractivity contribution >= 4 is 32.6 Å². The summed E-state index contributed by atoms with van der Waals surface area (Å²) in [5.74, 6) is 1.41. The first-order valence-corrected chi connectivity index (χ1v) is 8.28. The average molecular weight is 341 g/mol. The second-order valence-corrected chi connectivity index (χ2v) is 6.09. The van der Waals surface area contributed by atoms with Crippen LogP contribution in [0.25, 0.3) is 43.8 Å². The molecule has 0 amide bonds. The Bertz CT molecular complexity index is 1230. The number of aromatic nitrogens is 3. The maximum absolute atomic E-state index is 5.60. The second kappa shape index (κ2) is 5.52. The molecule has 5 rings (SSSR count). The minimum Gasteiger partial charge on any atom is -0.497 e. The number of pyridine rings is 1. The molecule has 2 aromatic heterocycles. The molecular weight excluding hydrogens is 326 g/mol. The van der Waals surface area contributed by atoms with Gasteiger partial charge in [0.15, 0.2) is 0 Å². The van der Waals surface area contributed by atoms with Gasteiger partial charge in [0.1, 0.15) is 12.1 Å². The highest BCUT2D eigenvalue weighted by Gasteiger charge is 2.18. The van der Waals surface area contributed by atoms with Crippen molar-refractivity contribution in [2.45, 2.75) is 0 Å². The zero-order valence-electron chi connectivity index (χ0n) is 14.4. The van der Waals surface area contributed by atoms with Crippen LogP contribution in [0.1, 0.15) is 0 Å². The summed E-state index contributed by atoms with van der Waals surface area (Å²) in [6, 6.07) is 16.0. The van der Waals surface area contributed by atoms with Gasteiger partial charge in [0.25, 0.3) is 0 Å². The molecule has 0 saturated carbocycles. The molecule has 5 heteroatoms. The van der Waals surface area contributed by atoms with Crippen molar-refractivity contribution < 1.29 is 9.47 Å². The van der Waals surface area contributed by atoms with Crippen molar-refractivity contribution in [3.8, 4) is 22.9 Å². The maximum Gasteiger partial charge on any atom is 0.221 e. The number of benzene rings is 3. The molecule has 0 aliphatic carbocycles. The molecular formula is C21H15N3O2. The lowest BCUT2D eigenvalue weighted by atomic mass is 9.96. The number of nitrogens with zero attached hydrogens (tertiary/aromatic N) is 3. The van der Waals surface area contributed by atoms with Crippen LogP contribution < -0.4 is 9.47 Å². The van der Waals surface area contributed by atoms with Gasteiger partial charge in [-0.25, -0.2) is 15.0 Å². The van der Waals surface area contributed by atoms with Crippen LogP contribution in [0.2, 0.25) is 0 Å². The van der Waals surface area contributed by atoms with Crippen LogP contribution in [0.5, 0.6) is 11.6 Å². The first-order chi connectivity index (χ1) is 12.8. The number of methoxy groups -OCH3 is 2. The highest BCUT2D eigenvalue weighted by Crippen LogP contribution is 2.40. The molecule has 3 aromatic carbocycles. The van der Waals surface area contributed by atoms with Crippen molar-refractivity contribution in [3.63, 3.8) is 0 Å². The van der Waals surface area contributed by atoms with Crippen LogP contribution in [0.15, 0.2) is 54.9 Å². The highest BCUT2D eigenvalue weighted by atomic mass is 16.5. The zero-order chi connectivity index (χ0) is 17.7. The van der Waals surface area contributed by atoms with E-state index in [0.29, 0.717) is 5.88 Å². The van der Waals surface area contributed by atoms with Gasteiger partial charge in [0.2, 0.25) is 5.88 Å². The van der Waals surface area contributed by atoms with Crippen LogP contribution in [0, 0.1) is 0 Å². The van der Waals surface area contributed by atoms with Gasteiger partial charge in [0.05, 0.1) is 30.9 Å². The molecule has 126 valence electrons. The molecule has 0 aliphatic heterocycles. The van der Waals surface area contributed by atoms with Crippen molar-refractivity contribution in [2.24, 2.45) is 0 Å². The summed E-state index contributed by atoms with van der Waals surface area (Å²) < 4.78 is 10.9. The third-order valence-electron chi connectivity index (χ3n) is 4.77. The summed E-state index contributed by atoms with van der Waals surface area (Å²) in [7, 11) is 3.31. The van der Waals surface area contributed by atoms with E-state index < -0.39 is 0 Å². The topological polar surface area (TPSA) is 57.1 Å². The molecule has 0 aliphatic rings. The van der Waals surface area contributed by atoms with Gasteiger partial charge >= 0.3 is 0 Å². The monoisotopic (exact) mass is 341 g/mol. The van der Waals surface area contributed by atoms with E-state index in [0.717, 1.165) is 49.6 Å². The van der Waals surface area contributed by atoms with E-state index in [1.165, 1.54) is 0 Å². The third kappa shape index (κ3) is 2.00. The Labute approximate surface area is 149 Å². The summed E-state index contributed by atoms with van der Waals surface area (Å²) in [5.41, 5.74) is 3.71. The summed E-state index contributed by atoms with van der Waals surface area (Å²) in [6.45, 7) is 0. The quantitative estimate of drug-likeness (QED) is 0.454. The van der Waals surface area contributed by atoms with Crippen LogP contribution >= 0.6 is 0 Å². The molecule has 0 radical (unpaired) electrons. The predicted octanol–water partition coefficient (Wildman–Crippen LogP) is 4.45. The summed E-state index contributed by atoms with van der Waals surface area (Å²) in [5, 5.41) is 4.14. The second-order valence-electron chi connectivity index (χ2n) is 6.09. The largest absolute Gasteiger partial charge is 0.497 e. The van der Waals surface area contributed by atoms with Gasteiger partial charge < -0.3 is 9.47 Å². The van der Waals surface area contributed by atoms with Crippen LogP contribution in [0.4, 0.5) is 0 Å². The molecule has 0 spiro atoms. The minimum absolute atomic E-state index is 0.599. The van der Waals surface area contributed by atoms with E-state index in [2.05, 4.69) is 16.0 Å². The molecule has 26 heavy (non-hydrogen) atoms. The molecule has 0 fully saturated rings. The van der Waals surface area contributed by atoms with Crippen LogP contribution in [-0.2, 0) is 0 Å². The van der Waals surface area contributed by atoms with Crippen molar-refractivity contribution in [1.29, 1.82) is 0 Å². The van der Waals surface area contributed by atoms with E-state index in [4.69, 9.17) is 14.5 Å². The predicted molar refractivity (Wildman–Crippen MR) is 102 cm³/mol. The summed E-state index contributed by atoms with van der Waals surface area (Å²) in [6.07, 6.45) is 1.60. The molecule has 0 saturated heterocycles. The van der Waals surface area contributed by atoms with E-state index in [1.807, 2.05) is 42.5 Å². The van der Waals surface area contributed by atoms with Gasteiger partial charge in [-0.15, -0.1) is 0 Å². The van der Waals surface area contributed by atoms with Gasteiger partial charge in [-0.1, -0.05) is 0 Å². The van der Waals surface area contributed by atoms with E-state index >= 15 is 0 Å². The smallest absolute Gasteiger partial charge is 0.221 e. The Morgan fingerprint density at radius 3 is 2.04 bits per heavy atom. The lowest BCUT2D eigenvalue weighted by molar-refractivity contribution is 0.404. The molecule has 5 aromatic rings. The van der Waals surface area contributed by atoms with E-state index in [9.17, 15) is 0 Å². The molecule has 2 heterocycles. The number of hydrogen-bond acceptors (Lipinski definition) is 5. The number of hydrogen-bond donors (Lipinski definition) is 0. The fraction of sp³-hybridized carbons (Fsp3) is 0.0952. The first-order valence-electron chi connectivity index (χ1n) is 8.28. The summed E-state index contributed by atoms with van der Waals surface area (Å²) >= 11 is 0. The highest BCUT2D eigenvalue weighted by molar-refractivity contribution is 6.24. The Morgan fingerprint density at radius 1 is 0.692 bits per heavy atom. The Kier molecular flexibility index (Phi) is 3.15. The average Bonchev–Trinajstić information content (AvgIpc) is 2.71. The normalized spacial score (nSPS) is 11.5. The fourth-order valence-corrected chi connectivity index (χ4v) is 3.55. The minimum atomic E-state index is 0.599. The third-order valence-corrected chi connectivity index (χ3v) is 4.77. The SMILES string of the molecule is COc1ccc(-c2nc(OC)c3ccc4ncnc5ccc2c3c45)cc1. The van der Waals surface area contributed by atoms with Gasteiger partial charge in [0, 0.05) is 27.1 Å². The fourth-order valence-electron chi connectivity index (χ4n) is 3.55. The Morgan fingerprint density at radius 2 is 1.38 bits per heavy atom. The molecule has 0 atom stereocenters. The lowest BCUT2D eigenvalue weighted by Crippen LogP contribution is -1.97. The Hall–Kier alpha value is -3.47. The van der Waals surface area contributed by atoms with Crippen molar-refractivity contribution in [3.05, 3.63) is 54.9 Å². The molecule has 0 unspecified atom stereocenters. The first kappa shape index (κ1) is 14.8. The summed E-state index contributed by atoms with van der Waals surface area (Å²) in [4.78, 5) is 13.6. The molecule has 5 nitrogen and oxygen atoms in total. The van der Waals surface area contributed by atoms with Gasteiger partial charge in [-0.2, -0.15) is 0 Å². The number of ether oxygens (including phenoxy) is 2. The van der Waals surface area contributed by atoms with Crippen molar-refractivity contribution in [1.82, 2.24) is 15.0 Å². The number of rotatable bonds is 3. The van der Waals surface area contributed by atoms with Crippen LogP contribution in [0.3, 0.4) is 0 Å². The van der Waals surface area contributed by atoms with Gasteiger partial charge in [-0.05, 0) is 48.5 Å². The molecule has 0 bridgehead atoms.